The summed E-state index contributed by atoms with van der Waals surface area (Å²) in [6, 6.07) is 33.1. The maximum atomic E-state index is 14.3. The van der Waals surface area contributed by atoms with Crippen LogP contribution in [0.15, 0.2) is 125 Å². The first-order chi connectivity index (χ1) is 33.8. The van der Waals surface area contributed by atoms with Gasteiger partial charge in [0.05, 0.1) is 40.6 Å². The van der Waals surface area contributed by atoms with Crippen molar-refractivity contribution in [3.05, 3.63) is 154 Å². The van der Waals surface area contributed by atoms with E-state index in [9.17, 15) is 24.3 Å². The van der Waals surface area contributed by atoms with E-state index in [2.05, 4.69) is 59.9 Å². The first kappa shape index (κ1) is 52.2. The van der Waals surface area contributed by atoms with Gasteiger partial charge in [0.25, 0.3) is 5.91 Å². The highest BCUT2D eigenvalue weighted by molar-refractivity contribution is 6.76. The molecular formula is C52H64N6O11Si2. The molecule has 3 N–H and O–H groups in total. The highest BCUT2D eigenvalue weighted by Gasteiger charge is 2.66. The number of nitrogens with one attached hydrogen (secondary N) is 2. The molecular weight excluding hydrogens is 941 g/mol. The van der Waals surface area contributed by atoms with E-state index >= 15 is 0 Å². The quantitative estimate of drug-likeness (QED) is 0.0350. The van der Waals surface area contributed by atoms with E-state index in [0.29, 0.717) is 45.8 Å². The molecule has 3 heterocycles. The Balaban J connectivity index is 1.34. The highest BCUT2D eigenvalue weighted by atomic mass is 28.3. The monoisotopic (exact) mass is 1000 g/mol. The van der Waals surface area contributed by atoms with Crippen LogP contribution in [0, 0.1) is 6.92 Å². The molecule has 4 aromatic carbocycles. The van der Waals surface area contributed by atoms with Crippen molar-refractivity contribution < 1.29 is 47.9 Å². The normalized spacial score (nSPS) is 19.0. The van der Waals surface area contributed by atoms with Gasteiger partial charge in [0.15, 0.2) is 6.23 Å². The zero-order valence-corrected chi connectivity index (χ0v) is 43.8. The van der Waals surface area contributed by atoms with Gasteiger partial charge in [-0.25, -0.2) is 14.4 Å². The molecule has 4 atom stereocenters. The number of carbonyl (C=O) groups excluding carboxylic acids is 3. The van der Waals surface area contributed by atoms with Crippen LogP contribution in [0.1, 0.15) is 38.8 Å². The van der Waals surface area contributed by atoms with Crippen molar-refractivity contribution in [2.75, 3.05) is 45.9 Å². The third-order valence-corrected chi connectivity index (χ3v) is 15.9. The van der Waals surface area contributed by atoms with Crippen LogP contribution >= 0.6 is 0 Å². The van der Waals surface area contributed by atoms with Crippen LogP contribution in [0.2, 0.25) is 51.4 Å². The molecule has 7 rings (SSSR count). The number of carbonyl (C=O) groups is 3. The van der Waals surface area contributed by atoms with Crippen LogP contribution in [0.3, 0.4) is 0 Å². The minimum atomic E-state index is -1.69. The van der Waals surface area contributed by atoms with Crippen LogP contribution in [0.4, 0.5) is 15.4 Å². The number of aliphatic hydroxyl groups excluding tert-OH is 1. The van der Waals surface area contributed by atoms with Crippen molar-refractivity contribution in [3.8, 4) is 11.5 Å². The number of hydrogen-bond donors (Lipinski definition) is 3. The third-order valence-electron chi connectivity index (χ3n) is 12.5. The molecule has 2 aliphatic heterocycles. The summed E-state index contributed by atoms with van der Waals surface area (Å²) in [6.07, 6.45) is -3.17. The lowest BCUT2D eigenvalue weighted by molar-refractivity contribution is -0.172. The van der Waals surface area contributed by atoms with E-state index in [-0.39, 0.29) is 38.1 Å². The predicted molar refractivity (Wildman–Crippen MR) is 275 cm³/mol. The van der Waals surface area contributed by atoms with Crippen LogP contribution in [-0.2, 0) is 24.5 Å². The Morgan fingerprint density at radius 2 is 1.34 bits per heavy atom. The molecule has 71 heavy (non-hydrogen) atoms. The number of rotatable bonds is 17. The molecule has 5 aromatic rings. The van der Waals surface area contributed by atoms with Crippen LogP contribution < -0.4 is 25.8 Å². The van der Waals surface area contributed by atoms with E-state index in [1.807, 2.05) is 78.9 Å². The number of fused-ring (bicyclic) bond motifs is 2. The number of benzene rings is 4. The van der Waals surface area contributed by atoms with Crippen LogP contribution in [0.25, 0.3) is 0 Å². The summed E-state index contributed by atoms with van der Waals surface area (Å²) < 4.78 is 37.8. The van der Waals surface area contributed by atoms with Crippen molar-refractivity contribution in [3.63, 3.8) is 0 Å². The molecule has 17 nitrogen and oxygen atoms in total. The smallest absolute Gasteiger partial charge is 0.436 e. The number of aliphatic imine (C=N–C) groups is 1. The number of morpholine rings is 1. The van der Waals surface area contributed by atoms with Gasteiger partial charge in [0, 0.05) is 33.5 Å². The maximum Gasteiger partial charge on any atom is 0.436 e. The molecule has 2 aliphatic rings. The van der Waals surface area contributed by atoms with Gasteiger partial charge in [-0.3, -0.25) is 14.7 Å². The lowest BCUT2D eigenvalue weighted by Crippen LogP contribution is -2.56. The Morgan fingerprint density at radius 1 is 0.803 bits per heavy atom. The molecule has 376 valence electrons. The minimum absolute atomic E-state index is 0.0244. The summed E-state index contributed by atoms with van der Waals surface area (Å²) in [4.78, 5) is 64.9. The number of amides is 3. The second-order valence-corrected chi connectivity index (χ2v) is 31.4. The van der Waals surface area contributed by atoms with E-state index < -0.39 is 69.5 Å². The molecule has 19 heteroatoms. The Labute approximate surface area is 416 Å². The van der Waals surface area contributed by atoms with Crippen molar-refractivity contribution in [1.29, 1.82) is 0 Å². The number of aromatic nitrogens is 2. The average molecular weight is 1010 g/mol. The second kappa shape index (κ2) is 21.8. The molecule has 0 radical (unpaired) electrons. The first-order valence-corrected chi connectivity index (χ1v) is 30.9. The number of alkyl carbamates (subject to hydrolysis) is 1. The predicted octanol–water partition coefficient (Wildman–Crippen LogP) is 8.04. The Bertz CT molecular complexity index is 2700. The summed E-state index contributed by atoms with van der Waals surface area (Å²) in [5.74, 6) is 0.505. The first-order valence-electron chi connectivity index (χ1n) is 23.5. The summed E-state index contributed by atoms with van der Waals surface area (Å²) in [7, 11) is -0.0925. The molecule has 1 aromatic heterocycles. The number of hydrogen-bond acceptors (Lipinski definition) is 12. The zero-order chi connectivity index (χ0) is 51.1. The number of aliphatic hydroxyl groups is 1. The average Bonchev–Trinajstić information content (AvgIpc) is 3.78. The van der Waals surface area contributed by atoms with Crippen molar-refractivity contribution in [1.82, 2.24) is 19.8 Å². The van der Waals surface area contributed by atoms with Gasteiger partial charge in [-0.05, 0) is 72.1 Å². The van der Waals surface area contributed by atoms with Gasteiger partial charge in [0.2, 0.25) is 5.96 Å². The topological polar surface area (TPSA) is 201 Å². The number of ether oxygens (including phenoxy) is 6. The fraction of sp³-hybridized carbons (Fsp3) is 0.385. The molecule has 2 bridgehead atoms. The number of aryl methyl sites for hydroxylation is 1. The maximum absolute atomic E-state index is 14.3. The van der Waals surface area contributed by atoms with Crippen molar-refractivity contribution in [2.45, 2.75) is 87.9 Å². The fourth-order valence-corrected chi connectivity index (χ4v) is 9.98. The Kier molecular flexibility index (Phi) is 16.0. The lowest BCUT2D eigenvalue weighted by atomic mass is 9.79. The number of likely N-dealkylation sites (tertiary alicyclic amines) is 1. The molecule has 0 aliphatic carbocycles. The van der Waals surface area contributed by atoms with Gasteiger partial charge >= 0.3 is 17.9 Å². The van der Waals surface area contributed by atoms with E-state index in [0.717, 1.165) is 5.56 Å². The third kappa shape index (κ3) is 12.1. The number of anilines is 1. The number of methoxy groups -OCH3 is 2. The van der Waals surface area contributed by atoms with Crippen LogP contribution in [0.5, 0.6) is 11.5 Å². The van der Waals surface area contributed by atoms with E-state index in [1.54, 1.807) is 51.5 Å². The standard InChI is InChI=1S/C52H64N6O11Si2/c1-35-32-57(48(61)54-44(35)53-45(60)36-16-12-10-13-17-36)46-42-43(59)51(69-46,33-58(42)47(55-49(62)66-28-30-70(4,5)6)56-50(63)67-29-31-71(7,8)9)34-68-52(37-18-14-11-15-19-37,38-20-24-40(64-2)25-21-38)39-22-26-41(65-3)27-23-39/h10-27,32,42-43,46,59H,28-31,33-34H2,1-9H3,(H,53,54,60,61)(H,55,56,62,63)/t42-,43+,46-,51-/m1/s1. The van der Waals surface area contributed by atoms with E-state index in [1.165, 1.54) is 15.7 Å². The van der Waals surface area contributed by atoms with Crippen molar-refractivity contribution >= 4 is 46.0 Å². The summed E-state index contributed by atoms with van der Waals surface area (Å²) >= 11 is 0. The zero-order valence-electron chi connectivity index (χ0n) is 41.8. The largest absolute Gasteiger partial charge is 0.497 e. The second-order valence-electron chi connectivity index (χ2n) is 20.1. The Hall–Kier alpha value is -6.65. The minimum Gasteiger partial charge on any atom is -0.497 e. The molecule has 0 unspecified atom stereocenters. The number of guanidine groups is 1. The van der Waals surface area contributed by atoms with Crippen molar-refractivity contribution in [2.24, 2.45) is 4.99 Å². The molecule has 2 fully saturated rings. The highest BCUT2D eigenvalue weighted by Crippen LogP contribution is 2.49. The summed E-state index contributed by atoms with van der Waals surface area (Å²) in [5.41, 5.74) is -0.972. The summed E-state index contributed by atoms with van der Waals surface area (Å²) in [6.45, 7) is 14.3. The fourth-order valence-electron chi connectivity index (χ4n) is 8.55. The molecule has 0 spiro atoms. The Morgan fingerprint density at radius 3 is 1.89 bits per heavy atom. The van der Waals surface area contributed by atoms with Gasteiger partial charge < -0.3 is 43.7 Å². The SMILES string of the molecule is COc1ccc(C(OC[C@@]23CN(C(=NC(=O)OCC[Si](C)(C)C)NC(=O)OCC[Si](C)(C)C)[C@@H]([C@H](n4cc(C)c(NC(=O)c5ccccc5)nc4=O)O2)[C@@H]3O)(c2ccccc2)c2ccc(OC)cc2)cc1. The van der Waals surface area contributed by atoms with Gasteiger partial charge in [-0.15, -0.1) is 4.99 Å². The van der Waals surface area contributed by atoms with E-state index in [4.69, 9.17) is 28.4 Å². The van der Waals surface area contributed by atoms with Gasteiger partial charge in [-0.2, -0.15) is 4.98 Å². The van der Waals surface area contributed by atoms with Crippen LogP contribution in [-0.4, -0.2) is 118 Å². The molecule has 0 saturated carbocycles. The number of nitrogens with zero attached hydrogens (tertiary/aromatic N) is 4. The van der Waals surface area contributed by atoms with Gasteiger partial charge in [-0.1, -0.05) is 112 Å². The summed E-state index contributed by atoms with van der Waals surface area (Å²) in [5, 5.41) is 18.2. The van der Waals surface area contributed by atoms with Gasteiger partial charge in [0.1, 0.15) is 40.7 Å². The molecule has 2 saturated heterocycles. The molecule has 3 amide bonds. The lowest BCUT2D eigenvalue weighted by Gasteiger charge is -2.41.